The van der Waals surface area contributed by atoms with Crippen molar-refractivity contribution in [1.82, 2.24) is 14.9 Å². The zero-order valence-electron chi connectivity index (χ0n) is 19.2. The first-order chi connectivity index (χ1) is 16.0. The molecule has 2 aromatic carbocycles. The van der Waals surface area contributed by atoms with E-state index in [9.17, 15) is 4.79 Å². The molecule has 2 aromatic heterocycles. The van der Waals surface area contributed by atoms with Gasteiger partial charge in [0.1, 0.15) is 16.4 Å². The number of hydrogen-bond acceptors (Lipinski definition) is 6. The normalized spacial score (nSPS) is 14.7. The summed E-state index contributed by atoms with van der Waals surface area (Å²) in [6, 6.07) is 16.5. The highest BCUT2D eigenvalue weighted by Crippen LogP contribution is 2.35. The Bertz CT molecular complexity index is 1330. The number of ether oxygens (including phenoxy) is 1. The molecule has 5 rings (SSSR count). The molecule has 0 aliphatic carbocycles. The topological polar surface area (TPSA) is 61.5 Å². The van der Waals surface area contributed by atoms with Gasteiger partial charge in [0.15, 0.2) is 0 Å². The molecule has 0 spiro atoms. The van der Waals surface area contributed by atoms with Gasteiger partial charge in [-0.3, -0.25) is 9.69 Å². The van der Waals surface area contributed by atoms with Crippen molar-refractivity contribution in [2.75, 3.05) is 38.2 Å². The number of aromatic amines is 1. The summed E-state index contributed by atoms with van der Waals surface area (Å²) in [5.41, 5.74) is 4.40. The van der Waals surface area contributed by atoms with Crippen LogP contribution in [0.2, 0.25) is 0 Å². The van der Waals surface area contributed by atoms with Crippen molar-refractivity contribution in [2.45, 2.75) is 20.4 Å². The lowest BCUT2D eigenvalue weighted by Gasteiger charge is -2.35. The number of methoxy groups -OCH3 is 1. The molecule has 0 bridgehead atoms. The fourth-order valence-corrected chi connectivity index (χ4v) is 5.55. The van der Waals surface area contributed by atoms with Crippen molar-refractivity contribution in [3.05, 3.63) is 75.1 Å². The van der Waals surface area contributed by atoms with Crippen molar-refractivity contribution in [3.8, 4) is 16.9 Å². The number of nitrogens with one attached hydrogen (secondary N) is 1. The Morgan fingerprint density at radius 1 is 1.06 bits per heavy atom. The standard InChI is InChI=1S/C26H28N4O2S/c1-17-7-9-19(10-8-17)23-18(2)33-26-24(23)25(31)27-22(28-26)16-29-11-13-30(14-12-29)20-5-4-6-21(15-20)32-3/h4-10,15H,11-14,16H2,1-3H3,(H,27,28,31). The van der Waals surface area contributed by atoms with Crippen LogP contribution in [0.5, 0.6) is 5.75 Å². The highest BCUT2D eigenvalue weighted by atomic mass is 32.1. The summed E-state index contributed by atoms with van der Waals surface area (Å²) in [6.45, 7) is 8.46. The van der Waals surface area contributed by atoms with E-state index in [-0.39, 0.29) is 5.56 Å². The zero-order valence-corrected chi connectivity index (χ0v) is 20.0. The van der Waals surface area contributed by atoms with E-state index in [2.05, 4.69) is 65.0 Å². The number of piperazine rings is 1. The molecular formula is C26H28N4O2S. The van der Waals surface area contributed by atoms with Crippen LogP contribution in [0.3, 0.4) is 0 Å². The van der Waals surface area contributed by atoms with Gasteiger partial charge >= 0.3 is 0 Å². The van der Waals surface area contributed by atoms with Crippen LogP contribution >= 0.6 is 11.3 Å². The van der Waals surface area contributed by atoms with Crippen LogP contribution < -0.4 is 15.2 Å². The Balaban J connectivity index is 1.33. The Kier molecular flexibility index (Phi) is 5.91. The smallest absolute Gasteiger partial charge is 0.260 e. The van der Waals surface area contributed by atoms with E-state index in [4.69, 9.17) is 9.72 Å². The fraction of sp³-hybridized carbons (Fsp3) is 0.308. The molecule has 1 aliphatic rings. The van der Waals surface area contributed by atoms with E-state index >= 15 is 0 Å². The molecule has 170 valence electrons. The number of hydrogen-bond donors (Lipinski definition) is 1. The van der Waals surface area contributed by atoms with Crippen LogP contribution in [0, 0.1) is 13.8 Å². The predicted octanol–water partition coefficient (Wildman–Crippen LogP) is 4.60. The molecule has 33 heavy (non-hydrogen) atoms. The molecule has 0 amide bonds. The van der Waals surface area contributed by atoms with Crippen LogP contribution in [0.1, 0.15) is 16.3 Å². The first-order valence-corrected chi connectivity index (χ1v) is 12.0. The van der Waals surface area contributed by atoms with E-state index in [0.29, 0.717) is 11.9 Å². The number of aryl methyl sites for hydroxylation is 2. The number of fused-ring (bicyclic) bond motifs is 1. The van der Waals surface area contributed by atoms with Gasteiger partial charge in [-0.05, 0) is 31.5 Å². The lowest BCUT2D eigenvalue weighted by atomic mass is 10.0. The average Bonchev–Trinajstić information content (AvgIpc) is 3.16. The summed E-state index contributed by atoms with van der Waals surface area (Å²) >= 11 is 1.60. The summed E-state index contributed by atoms with van der Waals surface area (Å²) < 4.78 is 5.36. The van der Waals surface area contributed by atoms with E-state index in [0.717, 1.165) is 58.6 Å². The summed E-state index contributed by atoms with van der Waals surface area (Å²) in [6.07, 6.45) is 0. The van der Waals surface area contributed by atoms with Gasteiger partial charge in [-0.1, -0.05) is 35.9 Å². The predicted molar refractivity (Wildman–Crippen MR) is 136 cm³/mol. The van der Waals surface area contributed by atoms with Gasteiger partial charge in [0.25, 0.3) is 5.56 Å². The quantitative estimate of drug-likeness (QED) is 0.472. The largest absolute Gasteiger partial charge is 0.497 e. The van der Waals surface area contributed by atoms with Gasteiger partial charge in [0.05, 0.1) is 19.0 Å². The number of thiophene rings is 1. The summed E-state index contributed by atoms with van der Waals surface area (Å²) in [4.78, 5) is 27.6. The summed E-state index contributed by atoms with van der Waals surface area (Å²) in [7, 11) is 1.69. The maximum Gasteiger partial charge on any atom is 0.260 e. The lowest BCUT2D eigenvalue weighted by Crippen LogP contribution is -2.46. The van der Waals surface area contributed by atoms with Crippen molar-refractivity contribution in [3.63, 3.8) is 0 Å². The van der Waals surface area contributed by atoms with Crippen LogP contribution in [-0.2, 0) is 6.54 Å². The average molecular weight is 461 g/mol. The van der Waals surface area contributed by atoms with E-state index in [1.165, 1.54) is 11.3 Å². The maximum absolute atomic E-state index is 13.1. The number of H-pyrrole nitrogens is 1. The molecule has 1 saturated heterocycles. The number of aromatic nitrogens is 2. The van der Waals surface area contributed by atoms with E-state index in [1.54, 1.807) is 18.4 Å². The van der Waals surface area contributed by atoms with Gasteiger partial charge in [0, 0.05) is 48.4 Å². The number of nitrogens with zero attached hydrogens (tertiary/aromatic N) is 3. The highest BCUT2D eigenvalue weighted by molar-refractivity contribution is 7.19. The molecule has 6 nitrogen and oxygen atoms in total. The SMILES string of the molecule is COc1cccc(N2CCN(Cc3nc4sc(C)c(-c5ccc(C)cc5)c4c(=O)[nH]3)CC2)c1. The number of anilines is 1. The fourth-order valence-electron chi connectivity index (χ4n) is 4.49. The van der Waals surface area contributed by atoms with Crippen LogP contribution in [0.25, 0.3) is 21.3 Å². The second-order valence-electron chi connectivity index (χ2n) is 8.56. The maximum atomic E-state index is 13.1. The van der Waals surface area contributed by atoms with E-state index < -0.39 is 0 Å². The molecule has 0 saturated carbocycles. The van der Waals surface area contributed by atoms with E-state index in [1.807, 2.05) is 12.1 Å². The zero-order chi connectivity index (χ0) is 22.9. The second kappa shape index (κ2) is 9.00. The second-order valence-corrected chi connectivity index (χ2v) is 9.76. The molecule has 7 heteroatoms. The Labute approximate surface area is 197 Å². The van der Waals surface area contributed by atoms with Crippen molar-refractivity contribution in [1.29, 1.82) is 0 Å². The molecular weight excluding hydrogens is 432 g/mol. The van der Waals surface area contributed by atoms with Gasteiger partial charge in [0.2, 0.25) is 0 Å². The molecule has 3 heterocycles. The summed E-state index contributed by atoms with van der Waals surface area (Å²) in [5, 5.41) is 0.702. The van der Waals surface area contributed by atoms with Crippen LogP contribution in [0.4, 0.5) is 5.69 Å². The third kappa shape index (κ3) is 4.38. The Morgan fingerprint density at radius 3 is 2.55 bits per heavy atom. The minimum absolute atomic E-state index is 0.0510. The Morgan fingerprint density at radius 2 is 1.82 bits per heavy atom. The lowest BCUT2D eigenvalue weighted by molar-refractivity contribution is 0.244. The monoisotopic (exact) mass is 460 g/mol. The van der Waals surface area contributed by atoms with Gasteiger partial charge < -0.3 is 14.6 Å². The van der Waals surface area contributed by atoms with Crippen LogP contribution in [-0.4, -0.2) is 48.2 Å². The molecule has 0 unspecified atom stereocenters. The van der Waals surface area contributed by atoms with Gasteiger partial charge in [-0.2, -0.15) is 0 Å². The number of benzene rings is 2. The molecule has 0 atom stereocenters. The third-order valence-electron chi connectivity index (χ3n) is 6.29. The van der Waals surface area contributed by atoms with Crippen molar-refractivity contribution < 1.29 is 4.74 Å². The molecule has 1 fully saturated rings. The molecule has 4 aromatic rings. The highest BCUT2D eigenvalue weighted by Gasteiger charge is 2.21. The Hall–Kier alpha value is -3.16. The molecule has 1 aliphatic heterocycles. The van der Waals surface area contributed by atoms with Crippen LogP contribution in [0.15, 0.2) is 53.3 Å². The van der Waals surface area contributed by atoms with Crippen molar-refractivity contribution in [2.24, 2.45) is 0 Å². The first-order valence-electron chi connectivity index (χ1n) is 11.2. The van der Waals surface area contributed by atoms with Gasteiger partial charge in [-0.15, -0.1) is 11.3 Å². The number of rotatable bonds is 5. The van der Waals surface area contributed by atoms with Gasteiger partial charge in [-0.25, -0.2) is 4.98 Å². The summed E-state index contributed by atoms with van der Waals surface area (Å²) in [5.74, 6) is 1.61. The molecule has 0 radical (unpaired) electrons. The first kappa shape index (κ1) is 21.7. The minimum atomic E-state index is -0.0510. The third-order valence-corrected chi connectivity index (χ3v) is 7.29. The van der Waals surface area contributed by atoms with Crippen molar-refractivity contribution >= 4 is 27.2 Å². The minimum Gasteiger partial charge on any atom is -0.497 e. The molecule has 1 N–H and O–H groups in total.